The normalized spacial score (nSPS) is 31.0. The molecule has 1 aliphatic heterocycles. The molecule has 0 unspecified atom stereocenters. The largest absolute Gasteiger partial charge is 0.469 e. The SMILES string of the molecule is COC(=O)C[C@H](O)[C@@H]1O[C@H](c2ccccc2)[C@H](O)[C@H]1O. The number of methoxy groups -OCH3 is 1. The Morgan fingerprint density at radius 2 is 1.95 bits per heavy atom. The van der Waals surface area contributed by atoms with Gasteiger partial charge >= 0.3 is 5.97 Å². The van der Waals surface area contributed by atoms with Crippen molar-refractivity contribution in [2.24, 2.45) is 0 Å². The van der Waals surface area contributed by atoms with Crippen LogP contribution >= 0.6 is 0 Å². The third-order valence-electron chi connectivity index (χ3n) is 3.41. The lowest BCUT2D eigenvalue weighted by Gasteiger charge is -2.20. The number of hydrogen-bond acceptors (Lipinski definition) is 6. The summed E-state index contributed by atoms with van der Waals surface area (Å²) in [7, 11) is 1.21. The molecule has 0 spiro atoms. The molecule has 1 heterocycles. The number of carbonyl (C=O) groups excluding carboxylic acids is 1. The predicted octanol–water partition coefficient (Wildman–Crippen LogP) is -0.228. The van der Waals surface area contributed by atoms with Crippen LogP contribution in [0.15, 0.2) is 30.3 Å². The van der Waals surface area contributed by atoms with E-state index in [1.165, 1.54) is 7.11 Å². The van der Waals surface area contributed by atoms with Crippen molar-refractivity contribution >= 4 is 5.97 Å². The van der Waals surface area contributed by atoms with Gasteiger partial charge in [0.1, 0.15) is 24.4 Å². The molecule has 5 atom stereocenters. The Kier molecular flexibility index (Phi) is 4.72. The lowest BCUT2D eigenvalue weighted by Crippen LogP contribution is -2.39. The average Bonchev–Trinajstić information content (AvgIpc) is 2.76. The Hall–Kier alpha value is -1.47. The maximum absolute atomic E-state index is 11.1. The van der Waals surface area contributed by atoms with E-state index in [4.69, 9.17) is 4.74 Å². The number of benzene rings is 1. The Bertz CT molecular complexity index is 448. The minimum absolute atomic E-state index is 0.299. The van der Waals surface area contributed by atoms with Crippen molar-refractivity contribution in [3.63, 3.8) is 0 Å². The van der Waals surface area contributed by atoms with Crippen LogP contribution in [0.4, 0.5) is 0 Å². The monoisotopic (exact) mass is 282 g/mol. The van der Waals surface area contributed by atoms with E-state index in [9.17, 15) is 20.1 Å². The number of ether oxygens (including phenoxy) is 2. The second-order valence-electron chi connectivity index (χ2n) is 4.76. The van der Waals surface area contributed by atoms with Crippen molar-refractivity contribution in [2.45, 2.75) is 36.9 Å². The summed E-state index contributed by atoms with van der Waals surface area (Å²) in [4.78, 5) is 11.1. The molecule has 6 heteroatoms. The van der Waals surface area contributed by atoms with Crippen LogP contribution in [0, 0.1) is 0 Å². The van der Waals surface area contributed by atoms with Gasteiger partial charge in [-0.2, -0.15) is 0 Å². The van der Waals surface area contributed by atoms with Crippen LogP contribution in [0.5, 0.6) is 0 Å². The Morgan fingerprint density at radius 3 is 2.55 bits per heavy atom. The highest BCUT2D eigenvalue weighted by molar-refractivity contribution is 5.69. The first-order valence-corrected chi connectivity index (χ1v) is 6.36. The van der Waals surface area contributed by atoms with Gasteiger partial charge in [-0.3, -0.25) is 4.79 Å². The number of carbonyl (C=O) groups is 1. The molecule has 0 radical (unpaired) electrons. The minimum Gasteiger partial charge on any atom is -0.469 e. The molecule has 1 aliphatic rings. The Morgan fingerprint density at radius 1 is 1.30 bits per heavy atom. The highest BCUT2D eigenvalue weighted by Gasteiger charge is 2.46. The quantitative estimate of drug-likeness (QED) is 0.660. The fourth-order valence-corrected chi connectivity index (χ4v) is 2.31. The van der Waals surface area contributed by atoms with Crippen LogP contribution in [0.2, 0.25) is 0 Å². The first-order valence-electron chi connectivity index (χ1n) is 6.36. The van der Waals surface area contributed by atoms with E-state index in [1.54, 1.807) is 24.3 Å². The smallest absolute Gasteiger partial charge is 0.308 e. The van der Waals surface area contributed by atoms with Gasteiger partial charge in [0.05, 0.1) is 19.6 Å². The fraction of sp³-hybridized carbons (Fsp3) is 0.500. The fourth-order valence-electron chi connectivity index (χ4n) is 2.31. The molecular weight excluding hydrogens is 264 g/mol. The molecule has 20 heavy (non-hydrogen) atoms. The lowest BCUT2D eigenvalue weighted by atomic mass is 9.99. The van der Waals surface area contributed by atoms with Crippen molar-refractivity contribution < 1.29 is 29.6 Å². The van der Waals surface area contributed by atoms with Crippen molar-refractivity contribution in [3.8, 4) is 0 Å². The van der Waals surface area contributed by atoms with E-state index >= 15 is 0 Å². The topological polar surface area (TPSA) is 96.2 Å². The molecule has 0 amide bonds. The summed E-state index contributed by atoms with van der Waals surface area (Å²) >= 11 is 0. The highest BCUT2D eigenvalue weighted by atomic mass is 16.6. The van der Waals surface area contributed by atoms with E-state index in [2.05, 4.69) is 4.74 Å². The summed E-state index contributed by atoms with van der Waals surface area (Å²) in [6.45, 7) is 0. The number of aliphatic hydroxyl groups is 3. The highest BCUT2D eigenvalue weighted by Crippen LogP contribution is 2.35. The molecular formula is C14H18O6. The Balaban J connectivity index is 2.09. The van der Waals surface area contributed by atoms with Gasteiger partial charge in [-0.1, -0.05) is 30.3 Å². The molecule has 6 nitrogen and oxygen atoms in total. The predicted molar refractivity (Wildman–Crippen MR) is 68.7 cm³/mol. The van der Waals surface area contributed by atoms with Crippen molar-refractivity contribution in [2.75, 3.05) is 7.11 Å². The molecule has 110 valence electrons. The number of esters is 1. The van der Waals surface area contributed by atoms with Crippen molar-refractivity contribution in [1.82, 2.24) is 0 Å². The van der Waals surface area contributed by atoms with Gasteiger partial charge in [0.2, 0.25) is 0 Å². The molecule has 1 aromatic carbocycles. The van der Waals surface area contributed by atoms with Gasteiger partial charge in [-0.25, -0.2) is 0 Å². The second-order valence-corrected chi connectivity index (χ2v) is 4.76. The molecule has 0 bridgehead atoms. The number of rotatable bonds is 4. The molecule has 0 aliphatic carbocycles. The summed E-state index contributed by atoms with van der Waals surface area (Å²) in [6, 6.07) is 8.92. The summed E-state index contributed by atoms with van der Waals surface area (Å²) < 4.78 is 9.98. The zero-order chi connectivity index (χ0) is 14.7. The van der Waals surface area contributed by atoms with Crippen molar-refractivity contribution in [3.05, 3.63) is 35.9 Å². The van der Waals surface area contributed by atoms with Gasteiger partial charge in [0.25, 0.3) is 0 Å². The van der Waals surface area contributed by atoms with Crippen LogP contribution in [0.3, 0.4) is 0 Å². The van der Waals surface area contributed by atoms with Crippen LogP contribution in [0.25, 0.3) is 0 Å². The lowest BCUT2D eigenvalue weighted by molar-refractivity contribution is -0.146. The van der Waals surface area contributed by atoms with Crippen LogP contribution < -0.4 is 0 Å². The molecule has 1 saturated heterocycles. The average molecular weight is 282 g/mol. The maximum atomic E-state index is 11.1. The standard InChI is InChI=1S/C14H18O6/c1-19-10(16)7-9(15)14-12(18)11(17)13(20-14)8-5-3-2-4-6-8/h2-6,9,11-15,17-18H,7H2,1H3/t9-,11+,12+,13+,14-/m0/s1. The van der Waals surface area contributed by atoms with Gasteiger partial charge in [-0.05, 0) is 5.56 Å². The minimum atomic E-state index is -1.26. The summed E-state index contributed by atoms with van der Waals surface area (Å²) in [5.41, 5.74) is 0.701. The molecule has 3 N–H and O–H groups in total. The van der Waals surface area contributed by atoms with Crippen LogP contribution in [-0.2, 0) is 14.3 Å². The van der Waals surface area contributed by atoms with E-state index in [0.717, 1.165) is 0 Å². The van der Waals surface area contributed by atoms with E-state index in [0.29, 0.717) is 5.56 Å². The summed E-state index contributed by atoms with van der Waals surface area (Å²) in [5, 5.41) is 29.9. The molecule has 1 aromatic rings. The van der Waals surface area contributed by atoms with E-state index in [-0.39, 0.29) is 6.42 Å². The zero-order valence-electron chi connectivity index (χ0n) is 11.0. The van der Waals surface area contributed by atoms with E-state index < -0.39 is 36.5 Å². The number of aliphatic hydroxyl groups excluding tert-OH is 3. The second kappa shape index (κ2) is 6.32. The first kappa shape index (κ1) is 14.9. The van der Waals surface area contributed by atoms with E-state index in [1.807, 2.05) is 6.07 Å². The van der Waals surface area contributed by atoms with Gasteiger partial charge < -0.3 is 24.8 Å². The summed E-state index contributed by atoms with van der Waals surface area (Å²) in [6.07, 6.45) is -5.72. The van der Waals surface area contributed by atoms with Gasteiger partial charge in [0, 0.05) is 0 Å². The number of hydrogen-bond donors (Lipinski definition) is 3. The molecule has 0 saturated carbocycles. The molecule has 0 aromatic heterocycles. The van der Waals surface area contributed by atoms with Crippen LogP contribution in [-0.4, -0.2) is 52.8 Å². The zero-order valence-corrected chi connectivity index (χ0v) is 11.0. The molecule has 1 fully saturated rings. The van der Waals surface area contributed by atoms with Crippen molar-refractivity contribution in [1.29, 1.82) is 0 Å². The Labute approximate surface area is 116 Å². The van der Waals surface area contributed by atoms with Gasteiger partial charge in [-0.15, -0.1) is 0 Å². The summed E-state index contributed by atoms with van der Waals surface area (Å²) in [5.74, 6) is -0.606. The van der Waals surface area contributed by atoms with Gasteiger partial charge in [0.15, 0.2) is 0 Å². The first-order chi connectivity index (χ1) is 9.54. The molecule has 2 rings (SSSR count). The van der Waals surface area contributed by atoms with Crippen LogP contribution in [0.1, 0.15) is 18.1 Å². The maximum Gasteiger partial charge on any atom is 0.308 e. The third-order valence-corrected chi connectivity index (χ3v) is 3.41. The third kappa shape index (κ3) is 2.99.